The second-order valence-corrected chi connectivity index (χ2v) is 7.17. The number of carbonyl (C=O) groups is 1. The molecule has 23 heavy (non-hydrogen) atoms. The zero-order valence-electron chi connectivity index (χ0n) is 13.7. The van der Waals surface area contributed by atoms with Crippen molar-refractivity contribution in [2.45, 2.75) is 38.1 Å². The molecule has 130 valence electrons. The molecule has 0 unspecified atom stereocenters. The molecule has 0 radical (unpaired) electrons. The molecule has 0 spiro atoms. The van der Waals surface area contributed by atoms with E-state index in [1.807, 2.05) is 56.0 Å². The summed E-state index contributed by atoms with van der Waals surface area (Å²) in [5, 5.41) is 2.86. The molecule has 2 heterocycles. The average Bonchev–Trinajstić information content (AvgIpc) is 2.85. The van der Waals surface area contributed by atoms with Crippen LogP contribution < -0.4 is 11.1 Å². The Labute approximate surface area is 153 Å². The summed E-state index contributed by atoms with van der Waals surface area (Å²) in [7, 11) is 0. The fourth-order valence-corrected chi connectivity index (χ4v) is 2.31. The highest BCUT2D eigenvalue weighted by Gasteiger charge is 2.31. The smallest absolute Gasteiger partial charge is 0.238 e. The van der Waals surface area contributed by atoms with E-state index < -0.39 is 6.04 Å². The van der Waals surface area contributed by atoms with E-state index in [0.717, 1.165) is 16.9 Å². The van der Waals surface area contributed by atoms with Gasteiger partial charge in [-0.3, -0.25) is 4.79 Å². The van der Waals surface area contributed by atoms with Crippen LogP contribution in [0.4, 0.5) is 0 Å². The van der Waals surface area contributed by atoms with Crippen LogP contribution in [-0.4, -0.2) is 32.3 Å². The van der Waals surface area contributed by atoms with Crippen LogP contribution in [0.25, 0.3) is 5.65 Å². The van der Waals surface area contributed by atoms with Gasteiger partial charge in [0.2, 0.25) is 5.91 Å². The number of amides is 1. The van der Waals surface area contributed by atoms with Gasteiger partial charge in [0, 0.05) is 17.1 Å². The quantitative estimate of drug-likeness (QED) is 0.838. The Bertz CT molecular complexity index is 660. The molecule has 0 bridgehead atoms. The number of fused-ring (bicyclic) bond motifs is 1. The molecule has 2 aromatic rings. The third-order valence-electron chi connectivity index (χ3n) is 3.67. The molecule has 0 aliphatic carbocycles. The predicted octanol–water partition coefficient (Wildman–Crippen LogP) is 2.57. The number of rotatable bonds is 5. The first-order valence-electron chi connectivity index (χ1n) is 6.86. The number of aryl methyl sites for hydroxylation is 1. The first-order valence-corrected chi connectivity index (χ1v) is 8.08. The summed E-state index contributed by atoms with van der Waals surface area (Å²) in [4.78, 5) is 16.6. The van der Waals surface area contributed by atoms with Gasteiger partial charge in [0.05, 0.1) is 18.3 Å². The van der Waals surface area contributed by atoms with Crippen LogP contribution in [0, 0.1) is 6.92 Å². The number of nitrogens with one attached hydrogen (secondary N) is 1. The Morgan fingerprint density at radius 2 is 2.13 bits per heavy atom. The van der Waals surface area contributed by atoms with Gasteiger partial charge in [0.1, 0.15) is 5.65 Å². The second-order valence-electron chi connectivity index (χ2n) is 5.70. The van der Waals surface area contributed by atoms with E-state index in [1.54, 1.807) is 11.8 Å². The number of imidazole rings is 1. The number of carbonyl (C=O) groups excluding carboxylic acids is 1. The SMILES string of the molecule is CSC(C)(C)[C@H](N)C(=O)NCc1cn2ccc(C)cc2n1.Cl.Cl. The molecule has 0 saturated heterocycles. The van der Waals surface area contributed by atoms with Gasteiger partial charge in [-0.1, -0.05) is 0 Å². The predicted molar refractivity (Wildman–Crippen MR) is 102 cm³/mol. The van der Waals surface area contributed by atoms with Crippen LogP contribution in [0.1, 0.15) is 25.1 Å². The minimum Gasteiger partial charge on any atom is -0.349 e. The van der Waals surface area contributed by atoms with Crippen LogP contribution in [0.15, 0.2) is 24.5 Å². The third kappa shape index (κ3) is 5.28. The largest absolute Gasteiger partial charge is 0.349 e. The average molecular weight is 379 g/mol. The van der Waals surface area contributed by atoms with Gasteiger partial charge in [-0.2, -0.15) is 11.8 Å². The van der Waals surface area contributed by atoms with Gasteiger partial charge >= 0.3 is 0 Å². The number of nitrogens with two attached hydrogens (primary N) is 1. The van der Waals surface area contributed by atoms with Crippen molar-refractivity contribution in [2.75, 3.05) is 6.26 Å². The number of nitrogens with zero attached hydrogens (tertiary/aromatic N) is 2. The highest BCUT2D eigenvalue weighted by atomic mass is 35.5. The molecule has 0 aliphatic heterocycles. The first kappa shape index (κ1) is 22.1. The van der Waals surface area contributed by atoms with E-state index in [9.17, 15) is 4.79 Å². The molecular formula is C15H24Cl2N4OS. The maximum atomic E-state index is 12.1. The van der Waals surface area contributed by atoms with Crippen LogP contribution >= 0.6 is 36.6 Å². The number of hydrogen-bond donors (Lipinski definition) is 2. The third-order valence-corrected chi connectivity index (χ3v) is 4.97. The normalized spacial score (nSPS) is 12.2. The fourth-order valence-electron chi connectivity index (χ4n) is 1.95. The molecular weight excluding hydrogens is 355 g/mol. The molecule has 0 saturated carbocycles. The number of hydrogen-bond acceptors (Lipinski definition) is 4. The van der Waals surface area contributed by atoms with Crippen molar-refractivity contribution in [3.63, 3.8) is 0 Å². The molecule has 1 amide bonds. The van der Waals surface area contributed by atoms with Crippen molar-refractivity contribution in [1.29, 1.82) is 0 Å². The van der Waals surface area contributed by atoms with Crippen LogP contribution in [-0.2, 0) is 11.3 Å². The number of halogens is 2. The molecule has 2 aromatic heterocycles. The van der Waals surface area contributed by atoms with E-state index in [4.69, 9.17) is 5.73 Å². The number of aromatic nitrogens is 2. The number of pyridine rings is 1. The molecule has 3 N–H and O–H groups in total. The Hall–Kier alpha value is -0.950. The second kappa shape index (κ2) is 8.78. The molecule has 1 atom stereocenters. The lowest BCUT2D eigenvalue weighted by atomic mass is 10.0. The molecule has 5 nitrogen and oxygen atoms in total. The van der Waals surface area contributed by atoms with Crippen LogP contribution in [0.3, 0.4) is 0 Å². The summed E-state index contributed by atoms with van der Waals surface area (Å²) in [5.41, 5.74) is 8.87. The van der Waals surface area contributed by atoms with Crippen molar-refractivity contribution in [2.24, 2.45) is 5.73 Å². The standard InChI is InChI=1S/C15H22N4OS.2ClH/c1-10-5-6-19-9-11(18-12(19)7-10)8-17-14(20)13(16)15(2,3)21-4;;/h5-7,9,13H,8,16H2,1-4H3,(H,17,20);2*1H/t13-;;/m1../s1. The van der Waals surface area contributed by atoms with Gasteiger partial charge in [-0.15, -0.1) is 24.8 Å². The molecule has 8 heteroatoms. The summed E-state index contributed by atoms with van der Waals surface area (Å²) in [6, 6.07) is 3.48. The van der Waals surface area contributed by atoms with Crippen LogP contribution in [0.5, 0.6) is 0 Å². The molecule has 0 aromatic carbocycles. The maximum absolute atomic E-state index is 12.1. The Morgan fingerprint density at radius 3 is 2.74 bits per heavy atom. The van der Waals surface area contributed by atoms with E-state index in [1.165, 1.54) is 0 Å². The lowest BCUT2D eigenvalue weighted by Crippen LogP contribution is -2.51. The summed E-state index contributed by atoms with van der Waals surface area (Å²) in [6.45, 7) is 6.35. The van der Waals surface area contributed by atoms with Gasteiger partial charge < -0.3 is 15.5 Å². The summed E-state index contributed by atoms with van der Waals surface area (Å²) >= 11 is 1.59. The van der Waals surface area contributed by atoms with Crippen molar-refractivity contribution in [3.8, 4) is 0 Å². The van der Waals surface area contributed by atoms with Crippen molar-refractivity contribution in [1.82, 2.24) is 14.7 Å². The maximum Gasteiger partial charge on any atom is 0.238 e. The Morgan fingerprint density at radius 1 is 1.48 bits per heavy atom. The summed E-state index contributed by atoms with van der Waals surface area (Å²) in [5.74, 6) is -0.150. The van der Waals surface area contributed by atoms with E-state index >= 15 is 0 Å². The van der Waals surface area contributed by atoms with E-state index in [-0.39, 0.29) is 35.5 Å². The zero-order chi connectivity index (χ0) is 15.6. The lowest BCUT2D eigenvalue weighted by Gasteiger charge is -2.28. The Balaban J connectivity index is 0.00000242. The minimum absolute atomic E-state index is 0. The van der Waals surface area contributed by atoms with Gasteiger partial charge in [0.25, 0.3) is 0 Å². The first-order chi connectivity index (χ1) is 9.83. The van der Waals surface area contributed by atoms with Gasteiger partial charge in [-0.05, 0) is 44.7 Å². The minimum atomic E-state index is -0.549. The summed E-state index contributed by atoms with van der Waals surface area (Å²) in [6.07, 6.45) is 5.84. The van der Waals surface area contributed by atoms with E-state index in [0.29, 0.717) is 6.54 Å². The molecule has 0 fully saturated rings. The summed E-state index contributed by atoms with van der Waals surface area (Å²) < 4.78 is 1.65. The van der Waals surface area contributed by atoms with Gasteiger partial charge in [0.15, 0.2) is 0 Å². The highest BCUT2D eigenvalue weighted by molar-refractivity contribution is 8.00. The zero-order valence-corrected chi connectivity index (χ0v) is 16.1. The highest BCUT2D eigenvalue weighted by Crippen LogP contribution is 2.24. The van der Waals surface area contributed by atoms with Crippen molar-refractivity contribution >= 4 is 48.1 Å². The fraction of sp³-hybridized carbons (Fsp3) is 0.467. The molecule has 2 rings (SSSR count). The lowest BCUT2D eigenvalue weighted by molar-refractivity contribution is -0.123. The van der Waals surface area contributed by atoms with E-state index in [2.05, 4.69) is 10.3 Å². The van der Waals surface area contributed by atoms with Crippen molar-refractivity contribution in [3.05, 3.63) is 35.8 Å². The number of thioether (sulfide) groups is 1. The van der Waals surface area contributed by atoms with Gasteiger partial charge in [-0.25, -0.2) is 4.98 Å². The monoisotopic (exact) mass is 378 g/mol. The topological polar surface area (TPSA) is 72.4 Å². The Kier molecular flexibility index (Phi) is 8.41. The van der Waals surface area contributed by atoms with Crippen LogP contribution in [0.2, 0.25) is 0 Å². The molecule has 0 aliphatic rings. The van der Waals surface area contributed by atoms with Crippen molar-refractivity contribution < 1.29 is 4.79 Å².